The zero-order valence-electron chi connectivity index (χ0n) is 11.3. The molecule has 0 fully saturated rings. The zero-order valence-corrected chi connectivity index (χ0v) is 12.0. The molecule has 1 atom stereocenters. The van der Waals surface area contributed by atoms with Gasteiger partial charge in [-0.1, -0.05) is 11.6 Å². The largest absolute Gasteiger partial charge is 0.359 e. The van der Waals surface area contributed by atoms with Gasteiger partial charge in [-0.2, -0.15) is 0 Å². The monoisotopic (exact) mass is 290 g/mol. The van der Waals surface area contributed by atoms with Crippen LogP contribution < -0.4 is 5.32 Å². The molecule has 0 spiro atoms. The Bertz CT molecular complexity index is 667. The van der Waals surface area contributed by atoms with Crippen molar-refractivity contribution >= 4 is 23.2 Å². The van der Waals surface area contributed by atoms with Crippen LogP contribution >= 0.6 is 11.6 Å². The third-order valence-corrected chi connectivity index (χ3v) is 3.78. The number of amides is 1. The number of H-pyrrole nitrogens is 1. The van der Waals surface area contributed by atoms with E-state index in [2.05, 4.69) is 15.3 Å². The highest BCUT2D eigenvalue weighted by Gasteiger charge is 2.33. The standard InChI is InChI=1S/C14H15ClN4O/c1-3-19-13(12-8(2)16-7-17-12)18-11-5-4-9(15)6-10(11)14(19)20/h4-7,13,18H,3H2,1-2H3,(H,16,17). The molecule has 2 aromatic rings. The molecule has 0 saturated heterocycles. The normalized spacial score (nSPS) is 17.9. The number of benzene rings is 1. The van der Waals surface area contributed by atoms with Crippen LogP contribution in [0.5, 0.6) is 0 Å². The topological polar surface area (TPSA) is 61.0 Å². The predicted molar refractivity (Wildman–Crippen MR) is 77.9 cm³/mol. The summed E-state index contributed by atoms with van der Waals surface area (Å²) in [5, 5.41) is 3.92. The molecule has 1 aliphatic rings. The fourth-order valence-corrected chi connectivity index (χ4v) is 2.68. The molecule has 0 bridgehead atoms. The van der Waals surface area contributed by atoms with E-state index in [1.807, 2.05) is 19.9 Å². The summed E-state index contributed by atoms with van der Waals surface area (Å²) >= 11 is 5.98. The third kappa shape index (κ3) is 1.94. The molecule has 0 saturated carbocycles. The zero-order chi connectivity index (χ0) is 14.3. The van der Waals surface area contributed by atoms with Crippen LogP contribution in [-0.4, -0.2) is 27.3 Å². The lowest BCUT2D eigenvalue weighted by Gasteiger charge is -2.36. The Kier molecular flexibility index (Phi) is 3.14. The van der Waals surface area contributed by atoms with Crippen LogP contribution in [0.3, 0.4) is 0 Å². The third-order valence-electron chi connectivity index (χ3n) is 3.55. The number of imidazole rings is 1. The van der Waals surface area contributed by atoms with Crippen LogP contribution in [0.2, 0.25) is 5.02 Å². The molecule has 0 aliphatic carbocycles. The van der Waals surface area contributed by atoms with E-state index in [-0.39, 0.29) is 12.1 Å². The van der Waals surface area contributed by atoms with Gasteiger partial charge >= 0.3 is 0 Å². The summed E-state index contributed by atoms with van der Waals surface area (Å²) in [6.07, 6.45) is 1.38. The average molecular weight is 291 g/mol. The number of rotatable bonds is 2. The van der Waals surface area contributed by atoms with Gasteiger partial charge in [-0.3, -0.25) is 4.79 Å². The number of hydrogen-bond donors (Lipinski definition) is 2. The molecule has 1 aliphatic heterocycles. The van der Waals surface area contributed by atoms with Crippen molar-refractivity contribution in [2.24, 2.45) is 0 Å². The molecule has 1 unspecified atom stereocenters. The maximum Gasteiger partial charge on any atom is 0.257 e. The number of aromatic amines is 1. The van der Waals surface area contributed by atoms with Crippen molar-refractivity contribution in [3.05, 3.63) is 46.5 Å². The Labute approximate surface area is 122 Å². The van der Waals surface area contributed by atoms with E-state index in [1.54, 1.807) is 23.4 Å². The van der Waals surface area contributed by atoms with E-state index >= 15 is 0 Å². The number of anilines is 1. The number of halogens is 1. The number of aromatic nitrogens is 2. The number of hydrogen-bond acceptors (Lipinski definition) is 3. The van der Waals surface area contributed by atoms with E-state index in [0.29, 0.717) is 17.1 Å². The molecule has 1 amide bonds. The summed E-state index contributed by atoms with van der Waals surface area (Å²) in [4.78, 5) is 21.7. The second-order valence-electron chi connectivity index (χ2n) is 4.74. The molecular weight excluding hydrogens is 276 g/mol. The minimum Gasteiger partial charge on any atom is -0.359 e. The number of nitrogens with zero attached hydrogens (tertiary/aromatic N) is 2. The summed E-state index contributed by atoms with van der Waals surface area (Å²) < 4.78 is 0. The quantitative estimate of drug-likeness (QED) is 0.894. The van der Waals surface area contributed by atoms with E-state index in [4.69, 9.17) is 11.6 Å². The number of nitrogens with one attached hydrogen (secondary N) is 2. The molecule has 5 nitrogen and oxygen atoms in total. The number of carbonyl (C=O) groups is 1. The van der Waals surface area contributed by atoms with Gasteiger partial charge in [0.05, 0.1) is 11.9 Å². The van der Waals surface area contributed by atoms with E-state index in [1.165, 1.54) is 0 Å². The molecule has 0 radical (unpaired) electrons. The first-order valence-corrected chi connectivity index (χ1v) is 6.86. The van der Waals surface area contributed by atoms with E-state index in [0.717, 1.165) is 17.1 Å². The van der Waals surface area contributed by atoms with Crippen LogP contribution in [0.15, 0.2) is 24.5 Å². The molecule has 6 heteroatoms. The van der Waals surface area contributed by atoms with Gasteiger partial charge in [0.15, 0.2) is 0 Å². The summed E-state index contributed by atoms with van der Waals surface area (Å²) in [5.74, 6) is -0.0313. The summed E-state index contributed by atoms with van der Waals surface area (Å²) in [5.41, 5.74) is 3.17. The van der Waals surface area contributed by atoms with Gasteiger partial charge in [-0.15, -0.1) is 0 Å². The highest BCUT2D eigenvalue weighted by molar-refractivity contribution is 6.31. The van der Waals surface area contributed by atoms with Crippen LogP contribution in [0.4, 0.5) is 5.69 Å². The van der Waals surface area contributed by atoms with Gasteiger partial charge in [0, 0.05) is 22.9 Å². The van der Waals surface area contributed by atoms with Crippen LogP contribution in [0.25, 0.3) is 0 Å². The first-order chi connectivity index (χ1) is 9.61. The minimum absolute atomic E-state index is 0.0313. The predicted octanol–water partition coefficient (Wildman–Crippen LogP) is 2.96. The van der Waals surface area contributed by atoms with Crippen LogP contribution in [0.1, 0.15) is 34.8 Å². The van der Waals surface area contributed by atoms with Crippen LogP contribution in [-0.2, 0) is 0 Å². The first-order valence-electron chi connectivity index (χ1n) is 6.48. The van der Waals surface area contributed by atoms with Crippen molar-refractivity contribution < 1.29 is 4.79 Å². The molecule has 1 aromatic carbocycles. The smallest absolute Gasteiger partial charge is 0.257 e. The Hall–Kier alpha value is -2.01. The highest BCUT2D eigenvalue weighted by atomic mass is 35.5. The molecule has 104 valence electrons. The van der Waals surface area contributed by atoms with E-state index < -0.39 is 0 Å². The van der Waals surface area contributed by atoms with E-state index in [9.17, 15) is 4.79 Å². The fourth-order valence-electron chi connectivity index (χ4n) is 2.50. The number of fused-ring (bicyclic) bond motifs is 1. The second kappa shape index (κ2) is 4.83. The molecule has 20 heavy (non-hydrogen) atoms. The minimum atomic E-state index is -0.257. The Morgan fingerprint density at radius 2 is 2.25 bits per heavy atom. The summed E-state index contributed by atoms with van der Waals surface area (Å²) in [6, 6.07) is 5.30. The second-order valence-corrected chi connectivity index (χ2v) is 5.18. The maximum absolute atomic E-state index is 12.6. The highest BCUT2D eigenvalue weighted by Crippen LogP contribution is 2.34. The summed E-state index contributed by atoms with van der Waals surface area (Å²) in [7, 11) is 0. The van der Waals surface area contributed by atoms with Crippen molar-refractivity contribution in [2.45, 2.75) is 20.0 Å². The first kappa shape index (κ1) is 13.0. The molecule has 2 N–H and O–H groups in total. The summed E-state index contributed by atoms with van der Waals surface area (Å²) in [6.45, 7) is 4.48. The molecular formula is C14H15ClN4O. The lowest BCUT2D eigenvalue weighted by Crippen LogP contribution is -2.43. The van der Waals surface area contributed by atoms with Gasteiger partial charge in [0.1, 0.15) is 11.9 Å². The van der Waals surface area contributed by atoms with Crippen molar-refractivity contribution in [3.8, 4) is 0 Å². The average Bonchev–Trinajstić information content (AvgIpc) is 2.85. The maximum atomic E-state index is 12.6. The fraction of sp³-hybridized carbons (Fsp3) is 0.286. The van der Waals surface area contributed by atoms with Crippen LogP contribution in [0, 0.1) is 6.92 Å². The SMILES string of the molecule is CCN1C(=O)c2cc(Cl)ccc2NC1c1nc[nH]c1C. The Balaban J connectivity index is 2.08. The molecule has 1 aromatic heterocycles. The molecule has 2 heterocycles. The van der Waals surface area contributed by atoms with Crippen molar-refractivity contribution in [3.63, 3.8) is 0 Å². The van der Waals surface area contributed by atoms with Crippen molar-refractivity contribution in [2.75, 3.05) is 11.9 Å². The lowest BCUT2D eigenvalue weighted by atomic mass is 10.1. The Morgan fingerprint density at radius 1 is 1.45 bits per heavy atom. The van der Waals surface area contributed by atoms with Crippen molar-refractivity contribution in [1.82, 2.24) is 14.9 Å². The Morgan fingerprint density at radius 3 is 2.90 bits per heavy atom. The van der Waals surface area contributed by atoms with Gasteiger partial charge < -0.3 is 15.2 Å². The van der Waals surface area contributed by atoms with Crippen molar-refractivity contribution in [1.29, 1.82) is 0 Å². The molecule has 3 rings (SSSR count). The van der Waals surface area contributed by atoms with Gasteiger partial charge in [0.25, 0.3) is 5.91 Å². The van der Waals surface area contributed by atoms with Gasteiger partial charge in [-0.25, -0.2) is 4.98 Å². The number of aryl methyl sites for hydroxylation is 1. The van der Waals surface area contributed by atoms with Gasteiger partial charge in [-0.05, 0) is 32.0 Å². The number of carbonyl (C=O) groups excluding carboxylic acids is 1. The lowest BCUT2D eigenvalue weighted by molar-refractivity contribution is 0.0691. The van der Waals surface area contributed by atoms with Gasteiger partial charge in [0.2, 0.25) is 0 Å².